The minimum Gasteiger partial charge on any atom is -0.321 e. The van der Waals surface area contributed by atoms with Crippen LogP contribution in [-0.2, 0) is 0 Å². The number of fused-ring (bicyclic) bond motifs is 1. The SMILES string of the molecule is Cc1ccccc1NC(=O)c1nc(C(=O)Nc2ccccc2)c2ccccn12. The molecule has 2 heterocycles. The summed E-state index contributed by atoms with van der Waals surface area (Å²) in [4.78, 5) is 30.0. The summed E-state index contributed by atoms with van der Waals surface area (Å²) >= 11 is 0. The summed E-state index contributed by atoms with van der Waals surface area (Å²) in [6, 6.07) is 22.0. The molecule has 4 rings (SSSR count). The third kappa shape index (κ3) is 3.35. The van der Waals surface area contributed by atoms with Crippen LogP contribution in [0.15, 0.2) is 79.0 Å². The molecule has 0 atom stereocenters. The van der Waals surface area contributed by atoms with Crippen molar-refractivity contribution < 1.29 is 9.59 Å². The molecule has 0 saturated heterocycles. The van der Waals surface area contributed by atoms with E-state index in [1.165, 1.54) is 0 Å². The van der Waals surface area contributed by atoms with Crippen LogP contribution in [0.4, 0.5) is 11.4 Å². The molecule has 28 heavy (non-hydrogen) atoms. The summed E-state index contributed by atoms with van der Waals surface area (Å²) in [5, 5.41) is 5.68. The quantitative estimate of drug-likeness (QED) is 0.567. The fraction of sp³-hybridized carbons (Fsp3) is 0.0455. The van der Waals surface area contributed by atoms with Crippen molar-refractivity contribution in [3.8, 4) is 0 Å². The van der Waals surface area contributed by atoms with E-state index < -0.39 is 0 Å². The van der Waals surface area contributed by atoms with Gasteiger partial charge in [0.15, 0.2) is 5.69 Å². The Hall–Kier alpha value is -3.93. The zero-order chi connectivity index (χ0) is 19.5. The lowest BCUT2D eigenvalue weighted by Crippen LogP contribution is -2.17. The molecule has 0 fully saturated rings. The number of aryl methyl sites for hydroxylation is 1. The Kier molecular flexibility index (Phi) is 4.60. The van der Waals surface area contributed by atoms with Crippen LogP contribution in [0, 0.1) is 6.92 Å². The van der Waals surface area contributed by atoms with Crippen LogP contribution in [-0.4, -0.2) is 21.2 Å². The highest BCUT2D eigenvalue weighted by atomic mass is 16.2. The normalized spacial score (nSPS) is 10.6. The highest BCUT2D eigenvalue weighted by Crippen LogP contribution is 2.18. The maximum absolute atomic E-state index is 12.8. The maximum atomic E-state index is 12.8. The third-order valence-corrected chi connectivity index (χ3v) is 4.39. The molecular formula is C22H18N4O2. The van der Waals surface area contributed by atoms with Crippen molar-refractivity contribution in [3.05, 3.63) is 96.1 Å². The van der Waals surface area contributed by atoms with Crippen molar-refractivity contribution in [2.75, 3.05) is 10.6 Å². The largest absolute Gasteiger partial charge is 0.321 e. The Morgan fingerprint density at radius 2 is 1.54 bits per heavy atom. The zero-order valence-corrected chi connectivity index (χ0v) is 15.2. The molecule has 6 heteroatoms. The fourth-order valence-electron chi connectivity index (χ4n) is 2.97. The Labute approximate surface area is 161 Å². The zero-order valence-electron chi connectivity index (χ0n) is 15.2. The molecule has 0 aliphatic heterocycles. The second kappa shape index (κ2) is 7.36. The molecule has 2 N–H and O–H groups in total. The molecular weight excluding hydrogens is 352 g/mol. The van der Waals surface area contributed by atoms with Crippen LogP contribution in [0.5, 0.6) is 0 Å². The Morgan fingerprint density at radius 3 is 2.32 bits per heavy atom. The summed E-state index contributed by atoms with van der Waals surface area (Å²) < 4.78 is 1.62. The van der Waals surface area contributed by atoms with E-state index in [0.29, 0.717) is 16.9 Å². The number of nitrogens with zero attached hydrogens (tertiary/aromatic N) is 2. The van der Waals surface area contributed by atoms with Crippen LogP contribution in [0.3, 0.4) is 0 Å². The van der Waals surface area contributed by atoms with Crippen molar-refractivity contribution in [1.82, 2.24) is 9.38 Å². The van der Waals surface area contributed by atoms with E-state index in [9.17, 15) is 9.59 Å². The predicted octanol–water partition coefficient (Wildman–Crippen LogP) is 4.15. The molecule has 6 nitrogen and oxygen atoms in total. The van der Waals surface area contributed by atoms with Crippen LogP contribution in [0.25, 0.3) is 5.52 Å². The maximum Gasteiger partial charge on any atom is 0.292 e. The van der Waals surface area contributed by atoms with Gasteiger partial charge in [-0.3, -0.25) is 14.0 Å². The highest BCUT2D eigenvalue weighted by molar-refractivity contribution is 6.10. The lowest BCUT2D eigenvalue weighted by atomic mass is 10.2. The average Bonchev–Trinajstić information content (AvgIpc) is 3.10. The van der Waals surface area contributed by atoms with Crippen LogP contribution < -0.4 is 10.6 Å². The van der Waals surface area contributed by atoms with Crippen LogP contribution >= 0.6 is 0 Å². The number of para-hydroxylation sites is 2. The molecule has 2 aromatic heterocycles. The molecule has 2 aromatic carbocycles. The van der Waals surface area contributed by atoms with Gasteiger partial charge >= 0.3 is 0 Å². The van der Waals surface area contributed by atoms with Gasteiger partial charge in [-0.2, -0.15) is 0 Å². The van der Waals surface area contributed by atoms with Crippen LogP contribution in [0.2, 0.25) is 0 Å². The third-order valence-electron chi connectivity index (χ3n) is 4.39. The number of anilines is 2. The van der Waals surface area contributed by atoms with Gasteiger partial charge in [0.1, 0.15) is 0 Å². The van der Waals surface area contributed by atoms with Gasteiger partial charge in [0, 0.05) is 17.6 Å². The number of pyridine rings is 1. The van der Waals surface area contributed by atoms with Gasteiger partial charge in [-0.05, 0) is 42.8 Å². The van der Waals surface area contributed by atoms with E-state index >= 15 is 0 Å². The molecule has 0 aliphatic rings. The summed E-state index contributed by atoms with van der Waals surface area (Å²) in [5.74, 6) is -0.601. The molecule has 4 aromatic rings. The number of imidazole rings is 1. The number of carbonyl (C=O) groups is 2. The number of rotatable bonds is 4. The lowest BCUT2D eigenvalue weighted by Gasteiger charge is -2.07. The summed E-state index contributed by atoms with van der Waals surface area (Å²) in [7, 11) is 0. The van der Waals surface area contributed by atoms with E-state index in [0.717, 1.165) is 5.56 Å². The molecule has 0 unspecified atom stereocenters. The summed E-state index contributed by atoms with van der Waals surface area (Å²) in [6.07, 6.45) is 1.72. The Morgan fingerprint density at radius 1 is 0.821 bits per heavy atom. The number of amides is 2. The molecule has 0 spiro atoms. The van der Waals surface area contributed by atoms with Gasteiger partial charge in [-0.15, -0.1) is 0 Å². The first-order valence-corrected chi connectivity index (χ1v) is 8.84. The molecule has 2 amide bonds. The van der Waals surface area contributed by atoms with E-state index in [1.54, 1.807) is 40.9 Å². The van der Waals surface area contributed by atoms with Crippen molar-refractivity contribution >= 4 is 28.7 Å². The van der Waals surface area contributed by atoms with E-state index in [1.807, 2.05) is 49.4 Å². The molecule has 0 saturated carbocycles. The first-order chi connectivity index (χ1) is 13.6. The lowest BCUT2D eigenvalue weighted by molar-refractivity contribution is 0.101. The van der Waals surface area contributed by atoms with E-state index in [-0.39, 0.29) is 23.3 Å². The second-order valence-electron chi connectivity index (χ2n) is 6.33. The van der Waals surface area contributed by atoms with Gasteiger partial charge in [-0.25, -0.2) is 4.98 Å². The fourth-order valence-corrected chi connectivity index (χ4v) is 2.97. The number of aromatic nitrogens is 2. The van der Waals surface area contributed by atoms with Gasteiger partial charge in [0.2, 0.25) is 5.82 Å². The molecule has 0 radical (unpaired) electrons. The summed E-state index contributed by atoms with van der Waals surface area (Å²) in [5.41, 5.74) is 3.06. The smallest absolute Gasteiger partial charge is 0.292 e. The second-order valence-corrected chi connectivity index (χ2v) is 6.33. The van der Waals surface area contributed by atoms with Crippen molar-refractivity contribution in [2.24, 2.45) is 0 Å². The minimum atomic E-state index is -0.380. The van der Waals surface area contributed by atoms with Gasteiger partial charge in [0.05, 0.1) is 5.52 Å². The van der Waals surface area contributed by atoms with Gasteiger partial charge in [0.25, 0.3) is 11.8 Å². The van der Waals surface area contributed by atoms with E-state index in [4.69, 9.17) is 0 Å². The van der Waals surface area contributed by atoms with E-state index in [2.05, 4.69) is 15.6 Å². The monoisotopic (exact) mass is 370 g/mol. The number of hydrogen-bond donors (Lipinski definition) is 2. The predicted molar refractivity (Wildman–Crippen MR) is 109 cm³/mol. The van der Waals surface area contributed by atoms with Crippen LogP contribution in [0.1, 0.15) is 26.7 Å². The minimum absolute atomic E-state index is 0.150. The number of hydrogen-bond acceptors (Lipinski definition) is 3. The first-order valence-electron chi connectivity index (χ1n) is 8.84. The number of carbonyl (C=O) groups excluding carboxylic acids is 2. The number of benzene rings is 2. The molecule has 0 bridgehead atoms. The Bertz CT molecular complexity index is 1170. The molecule has 0 aliphatic carbocycles. The summed E-state index contributed by atoms with van der Waals surface area (Å²) in [6.45, 7) is 1.91. The van der Waals surface area contributed by atoms with Crippen molar-refractivity contribution in [3.63, 3.8) is 0 Å². The van der Waals surface area contributed by atoms with Crippen molar-refractivity contribution in [1.29, 1.82) is 0 Å². The Balaban J connectivity index is 1.69. The highest BCUT2D eigenvalue weighted by Gasteiger charge is 2.22. The first kappa shape index (κ1) is 17.5. The number of nitrogens with one attached hydrogen (secondary N) is 2. The molecule has 138 valence electrons. The van der Waals surface area contributed by atoms with Crippen molar-refractivity contribution in [2.45, 2.75) is 6.92 Å². The van der Waals surface area contributed by atoms with Gasteiger partial charge < -0.3 is 10.6 Å². The van der Waals surface area contributed by atoms with Gasteiger partial charge in [-0.1, -0.05) is 42.5 Å². The average molecular weight is 370 g/mol. The topological polar surface area (TPSA) is 75.5 Å². The standard InChI is InChI=1S/C22H18N4O2/c1-15-9-5-6-12-17(15)24-22(28)20-25-19(18-13-7-8-14-26(18)20)21(27)23-16-10-3-2-4-11-16/h2-14H,1H3,(H,23,27)(H,24,28).